The van der Waals surface area contributed by atoms with Crippen molar-refractivity contribution >= 4 is 0 Å². The maximum Gasteiger partial charge on any atom is 0.0741 e. The second kappa shape index (κ2) is 2.70. The SMILES string of the molecule is CC(O)C(C)(C)n1cccc1. The quantitative estimate of drug-likeness (QED) is 0.686. The van der Waals surface area contributed by atoms with Gasteiger partial charge in [0, 0.05) is 12.4 Å². The second-order valence-electron chi connectivity index (χ2n) is 3.42. The summed E-state index contributed by atoms with van der Waals surface area (Å²) >= 11 is 0. The zero-order valence-electron chi connectivity index (χ0n) is 7.28. The molecule has 2 heteroatoms. The predicted octanol–water partition coefficient (Wildman–Crippen LogP) is 1.60. The Balaban J connectivity index is 2.90. The van der Waals surface area contributed by atoms with Crippen LogP contribution in [0.1, 0.15) is 20.8 Å². The van der Waals surface area contributed by atoms with Crippen LogP contribution in [-0.2, 0) is 5.54 Å². The van der Waals surface area contributed by atoms with Crippen LogP contribution >= 0.6 is 0 Å². The van der Waals surface area contributed by atoms with E-state index in [1.165, 1.54) is 0 Å². The minimum atomic E-state index is -0.338. The molecule has 2 nitrogen and oxygen atoms in total. The molecule has 0 saturated carbocycles. The van der Waals surface area contributed by atoms with Gasteiger partial charge in [-0.15, -0.1) is 0 Å². The van der Waals surface area contributed by atoms with E-state index in [0.29, 0.717) is 0 Å². The van der Waals surface area contributed by atoms with Crippen LogP contribution in [0.4, 0.5) is 0 Å². The highest BCUT2D eigenvalue weighted by atomic mass is 16.3. The standard InChI is InChI=1S/C9H15NO/c1-8(11)9(2,3)10-6-4-5-7-10/h4-8,11H,1-3H3. The summed E-state index contributed by atoms with van der Waals surface area (Å²) in [6.45, 7) is 5.83. The normalized spacial score (nSPS) is 14.9. The topological polar surface area (TPSA) is 25.2 Å². The summed E-state index contributed by atoms with van der Waals surface area (Å²) in [6, 6.07) is 3.92. The number of aliphatic hydroxyl groups is 1. The first-order valence-corrected chi connectivity index (χ1v) is 3.86. The number of aromatic nitrogens is 1. The summed E-state index contributed by atoms with van der Waals surface area (Å²) in [5.74, 6) is 0. The average molecular weight is 153 g/mol. The van der Waals surface area contributed by atoms with E-state index in [-0.39, 0.29) is 11.6 Å². The van der Waals surface area contributed by atoms with Crippen molar-refractivity contribution in [1.82, 2.24) is 4.57 Å². The first kappa shape index (κ1) is 8.34. The van der Waals surface area contributed by atoms with Gasteiger partial charge in [0.2, 0.25) is 0 Å². The molecule has 0 aliphatic rings. The number of hydrogen-bond donors (Lipinski definition) is 1. The van der Waals surface area contributed by atoms with Crippen LogP contribution in [0.5, 0.6) is 0 Å². The zero-order chi connectivity index (χ0) is 8.48. The Bertz CT molecular complexity index is 211. The van der Waals surface area contributed by atoms with Crippen molar-refractivity contribution in [1.29, 1.82) is 0 Å². The predicted molar refractivity (Wildman–Crippen MR) is 45.4 cm³/mol. The molecule has 0 spiro atoms. The Kier molecular flexibility index (Phi) is 2.05. The molecule has 0 fully saturated rings. The van der Waals surface area contributed by atoms with Gasteiger partial charge in [0.25, 0.3) is 0 Å². The van der Waals surface area contributed by atoms with Crippen molar-refractivity contribution in [2.75, 3.05) is 0 Å². The third-order valence-electron chi connectivity index (χ3n) is 2.29. The van der Waals surface area contributed by atoms with E-state index >= 15 is 0 Å². The lowest BCUT2D eigenvalue weighted by atomic mass is 9.99. The molecule has 0 bridgehead atoms. The fourth-order valence-corrected chi connectivity index (χ4v) is 0.934. The molecule has 0 amide bonds. The highest BCUT2D eigenvalue weighted by Crippen LogP contribution is 2.19. The largest absolute Gasteiger partial charge is 0.391 e. The van der Waals surface area contributed by atoms with E-state index in [9.17, 15) is 5.11 Å². The molecule has 1 aromatic rings. The van der Waals surface area contributed by atoms with E-state index in [2.05, 4.69) is 0 Å². The van der Waals surface area contributed by atoms with Gasteiger partial charge < -0.3 is 9.67 Å². The van der Waals surface area contributed by atoms with Crippen LogP contribution in [0, 0.1) is 0 Å². The van der Waals surface area contributed by atoms with Crippen molar-refractivity contribution in [3.05, 3.63) is 24.5 Å². The zero-order valence-corrected chi connectivity index (χ0v) is 7.28. The molecule has 11 heavy (non-hydrogen) atoms. The summed E-state index contributed by atoms with van der Waals surface area (Å²) in [6.07, 6.45) is 3.59. The van der Waals surface area contributed by atoms with Crippen LogP contribution in [0.3, 0.4) is 0 Å². The number of rotatable bonds is 2. The van der Waals surface area contributed by atoms with Gasteiger partial charge >= 0.3 is 0 Å². The number of hydrogen-bond acceptors (Lipinski definition) is 1. The van der Waals surface area contributed by atoms with E-state index in [0.717, 1.165) is 0 Å². The fourth-order valence-electron chi connectivity index (χ4n) is 0.934. The summed E-state index contributed by atoms with van der Waals surface area (Å²) in [5, 5.41) is 9.43. The van der Waals surface area contributed by atoms with Gasteiger partial charge in [-0.3, -0.25) is 0 Å². The lowest BCUT2D eigenvalue weighted by Gasteiger charge is -2.30. The maximum absolute atomic E-state index is 9.43. The lowest BCUT2D eigenvalue weighted by molar-refractivity contribution is 0.0736. The van der Waals surface area contributed by atoms with Gasteiger partial charge in [0.1, 0.15) is 0 Å². The smallest absolute Gasteiger partial charge is 0.0741 e. The molecule has 0 aliphatic carbocycles. The fraction of sp³-hybridized carbons (Fsp3) is 0.556. The third-order valence-corrected chi connectivity index (χ3v) is 2.29. The van der Waals surface area contributed by atoms with E-state index in [1.807, 2.05) is 42.9 Å². The van der Waals surface area contributed by atoms with Crippen molar-refractivity contribution in [2.45, 2.75) is 32.4 Å². The van der Waals surface area contributed by atoms with Crippen LogP contribution in [0.2, 0.25) is 0 Å². The molecule has 1 heterocycles. The number of aliphatic hydroxyl groups excluding tert-OH is 1. The Morgan fingerprint density at radius 1 is 1.27 bits per heavy atom. The molecule has 0 radical (unpaired) electrons. The lowest BCUT2D eigenvalue weighted by Crippen LogP contribution is -2.36. The summed E-state index contributed by atoms with van der Waals surface area (Å²) in [4.78, 5) is 0. The highest BCUT2D eigenvalue weighted by Gasteiger charge is 2.24. The molecular weight excluding hydrogens is 138 g/mol. The molecule has 0 saturated heterocycles. The monoisotopic (exact) mass is 153 g/mol. The minimum Gasteiger partial charge on any atom is -0.391 e. The molecule has 1 rings (SSSR count). The van der Waals surface area contributed by atoms with Crippen LogP contribution in [0.25, 0.3) is 0 Å². The van der Waals surface area contributed by atoms with Gasteiger partial charge in [0.15, 0.2) is 0 Å². The minimum absolute atomic E-state index is 0.205. The maximum atomic E-state index is 9.43. The molecular formula is C9H15NO. The molecule has 1 N–H and O–H groups in total. The third kappa shape index (κ3) is 1.46. The second-order valence-corrected chi connectivity index (χ2v) is 3.42. The molecule has 1 atom stereocenters. The summed E-state index contributed by atoms with van der Waals surface area (Å²) < 4.78 is 2.01. The molecule has 0 aliphatic heterocycles. The molecule has 1 aromatic heterocycles. The van der Waals surface area contributed by atoms with Crippen LogP contribution in [-0.4, -0.2) is 15.8 Å². The van der Waals surface area contributed by atoms with Crippen molar-refractivity contribution in [3.63, 3.8) is 0 Å². The summed E-state index contributed by atoms with van der Waals surface area (Å²) in [7, 11) is 0. The van der Waals surface area contributed by atoms with Gasteiger partial charge in [0.05, 0.1) is 11.6 Å². The Morgan fingerprint density at radius 3 is 2.09 bits per heavy atom. The van der Waals surface area contributed by atoms with Gasteiger partial charge in [-0.25, -0.2) is 0 Å². The Labute approximate surface area is 67.5 Å². The van der Waals surface area contributed by atoms with E-state index in [4.69, 9.17) is 0 Å². The first-order valence-electron chi connectivity index (χ1n) is 3.86. The van der Waals surface area contributed by atoms with Crippen molar-refractivity contribution in [2.24, 2.45) is 0 Å². The number of nitrogens with zero attached hydrogens (tertiary/aromatic N) is 1. The van der Waals surface area contributed by atoms with Crippen LogP contribution < -0.4 is 0 Å². The first-order chi connectivity index (χ1) is 5.05. The Hall–Kier alpha value is -0.760. The van der Waals surface area contributed by atoms with Crippen LogP contribution in [0.15, 0.2) is 24.5 Å². The van der Waals surface area contributed by atoms with Gasteiger partial charge in [-0.2, -0.15) is 0 Å². The average Bonchev–Trinajstić information content (AvgIpc) is 2.37. The van der Waals surface area contributed by atoms with Gasteiger partial charge in [-0.05, 0) is 32.9 Å². The van der Waals surface area contributed by atoms with Crippen molar-refractivity contribution < 1.29 is 5.11 Å². The van der Waals surface area contributed by atoms with Gasteiger partial charge in [-0.1, -0.05) is 0 Å². The molecule has 1 unspecified atom stereocenters. The summed E-state index contributed by atoms with van der Waals surface area (Å²) in [5.41, 5.74) is -0.205. The van der Waals surface area contributed by atoms with E-state index < -0.39 is 0 Å². The Morgan fingerprint density at radius 2 is 1.73 bits per heavy atom. The molecule has 0 aromatic carbocycles. The van der Waals surface area contributed by atoms with E-state index in [1.54, 1.807) is 6.92 Å². The van der Waals surface area contributed by atoms with Crippen molar-refractivity contribution in [3.8, 4) is 0 Å². The molecule has 62 valence electrons. The highest BCUT2D eigenvalue weighted by molar-refractivity contribution is 4.97.